The van der Waals surface area contributed by atoms with Crippen LogP contribution in [0, 0.1) is 0 Å². The zero-order valence-corrected chi connectivity index (χ0v) is 11.3. The quantitative estimate of drug-likeness (QED) is 0.535. The Bertz CT molecular complexity index is 342. The minimum Gasteiger partial charge on any atom is -0.509 e. The largest absolute Gasteiger partial charge is 0.707 e. The molecule has 0 atom stereocenters. The van der Waals surface area contributed by atoms with Gasteiger partial charge in [0.15, 0.2) is 0 Å². The van der Waals surface area contributed by atoms with Crippen LogP contribution >= 0.6 is 0 Å². The molecular weight excluding hydrogens is 239 g/mol. The van der Waals surface area contributed by atoms with Crippen LogP contribution in [0.4, 0.5) is 0 Å². The van der Waals surface area contributed by atoms with Gasteiger partial charge < -0.3 is 24.9 Å². The highest BCUT2D eigenvalue weighted by atomic mass is 16.6. The summed E-state index contributed by atoms with van der Waals surface area (Å²) in [5.74, 6) is 0.331. The Balaban J connectivity index is 0.000000331. The molecule has 0 fully saturated rings. The first-order valence-corrected chi connectivity index (χ1v) is 5.39. The first-order valence-electron chi connectivity index (χ1n) is 5.39. The van der Waals surface area contributed by atoms with Crippen LogP contribution < -0.4 is 4.65 Å². The van der Waals surface area contributed by atoms with Gasteiger partial charge in [-0.05, 0) is 27.7 Å². The molecule has 0 saturated carbocycles. The summed E-state index contributed by atoms with van der Waals surface area (Å²) < 4.78 is 5.96. The van der Waals surface area contributed by atoms with E-state index in [4.69, 9.17) is 20.3 Å². The lowest BCUT2D eigenvalue weighted by Crippen LogP contribution is -2.44. The molecule has 0 aliphatic carbocycles. The van der Waals surface area contributed by atoms with Gasteiger partial charge in [-0.1, -0.05) is 0 Å². The second kappa shape index (κ2) is 6.19. The third kappa shape index (κ3) is 6.60. The lowest BCUT2D eigenvalue weighted by atomic mass is 9.90. The predicted molar refractivity (Wildman–Crippen MR) is 66.6 cm³/mol. The van der Waals surface area contributed by atoms with Gasteiger partial charge in [-0.2, -0.15) is 5.10 Å². The highest BCUT2D eigenvalue weighted by Gasteiger charge is 2.31. The van der Waals surface area contributed by atoms with Crippen molar-refractivity contribution in [1.29, 1.82) is 0 Å². The second-order valence-electron chi connectivity index (χ2n) is 4.91. The standard InChI is InChI=1S/C6H14O2.C4H7BN2O3/c1-5(2,7)6(3,4)8;1-7-3-4(2-6-7)10-5(8)9/h7-8H,1-4H3;2-3,8-9H,1H3. The third-order valence-electron chi connectivity index (χ3n) is 2.42. The van der Waals surface area contributed by atoms with Crippen LogP contribution in [-0.4, -0.2) is 48.6 Å². The molecule has 0 aromatic carbocycles. The summed E-state index contributed by atoms with van der Waals surface area (Å²) in [6.07, 6.45) is 2.92. The van der Waals surface area contributed by atoms with Gasteiger partial charge in [-0.15, -0.1) is 0 Å². The first-order chi connectivity index (χ1) is 7.93. The zero-order valence-electron chi connectivity index (χ0n) is 11.3. The van der Waals surface area contributed by atoms with E-state index >= 15 is 0 Å². The van der Waals surface area contributed by atoms with Gasteiger partial charge >= 0.3 is 7.32 Å². The molecule has 0 unspecified atom stereocenters. The van der Waals surface area contributed by atoms with Crippen molar-refractivity contribution in [2.75, 3.05) is 0 Å². The highest BCUT2D eigenvalue weighted by Crippen LogP contribution is 2.19. The summed E-state index contributed by atoms with van der Waals surface area (Å²) in [7, 11) is -0.0689. The predicted octanol–water partition coefficient (Wildman–Crippen LogP) is -0.703. The first kappa shape index (κ1) is 16.9. The van der Waals surface area contributed by atoms with Gasteiger partial charge in [0, 0.05) is 7.05 Å². The van der Waals surface area contributed by atoms with Crippen LogP contribution in [0.2, 0.25) is 0 Å². The smallest absolute Gasteiger partial charge is 0.509 e. The van der Waals surface area contributed by atoms with Crippen molar-refractivity contribution >= 4 is 7.32 Å². The topological polar surface area (TPSA) is 108 Å². The van der Waals surface area contributed by atoms with E-state index in [-0.39, 0.29) is 0 Å². The van der Waals surface area contributed by atoms with Crippen LogP contribution in [-0.2, 0) is 7.05 Å². The molecule has 0 saturated heterocycles. The Morgan fingerprint density at radius 2 is 1.61 bits per heavy atom. The number of aromatic nitrogens is 2. The molecule has 7 nitrogen and oxygen atoms in total. The van der Waals surface area contributed by atoms with Crippen LogP contribution in [0.1, 0.15) is 27.7 Å². The Labute approximate surface area is 107 Å². The summed E-state index contributed by atoms with van der Waals surface area (Å²) in [6.45, 7) is 6.31. The van der Waals surface area contributed by atoms with Gasteiger partial charge in [0.25, 0.3) is 0 Å². The van der Waals surface area contributed by atoms with Gasteiger partial charge in [0.2, 0.25) is 0 Å². The van der Waals surface area contributed by atoms with Crippen LogP contribution in [0.3, 0.4) is 0 Å². The van der Waals surface area contributed by atoms with E-state index in [0.717, 1.165) is 0 Å². The summed E-state index contributed by atoms with van der Waals surface area (Å²) >= 11 is 0. The number of aliphatic hydroxyl groups is 2. The third-order valence-corrected chi connectivity index (χ3v) is 2.42. The van der Waals surface area contributed by atoms with E-state index in [1.54, 1.807) is 34.7 Å². The molecule has 0 spiro atoms. The Morgan fingerprint density at radius 3 is 1.83 bits per heavy atom. The van der Waals surface area contributed by atoms with Crippen molar-refractivity contribution in [3.05, 3.63) is 12.4 Å². The van der Waals surface area contributed by atoms with E-state index in [0.29, 0.717) is 5.75 Å². The van der Waals surface area contributed by atoms with E-state index in [9.17, 15) is 0 Å². The lowest BCUT2D eigenvalue weighted by Gasteiger charge is -2.31. The minimum atomic E-state index is -1.77. The number of rotatable bonds is 3. The molecule has 0 amide bonds. The molecule has 0 aliphatic heterocycles. The highest BCUT2D eigenvalue weighted by molar-refractivity contribution is 6.33. The average Bonchev–Trinajstić information content (AvgIpc) is 2.47. The maximum atomic E-state index is 9.10. The SMILES string of the molecule is CC(C)(O)C(C)(C)O.Cn1cc(OB(O)O)cn1. The second-order valence-corrected chi connectivity index (χ2v) is 4.91. The minimum absolute atomic E-state index is 0.331. The Hall–Kier alpha value is -1.09. The van der Waals surface area contributed by atoms with Crippen molar-refractivity contribution in [3.8, 4) is 5.75 Å². The van der Waals surface area contributed by atoms with Crippen molar-refractivity contribution in [2.24, 2.45) is 7.05 Å². The fourth-order valence-corrected chi connectivity index (χ4v) is 0.581. The molecule has 0 radical (unpaired) electrons. The summed E-state index contributed by atoms with van der Waals surface area (Å²) in [4.78, 5) is 0. The number of nitrogens with zero attached hydrogens (tertiary/aromatic N) is 2. The van der Waals surface area contributed by atoms with Crippen molar-refractivity contribution in [3.63, 3.8) is 0 Å². The van der Waals surface area contributed by atoms with Crippen molar-refractivity contribution in [2.45, 2.75) is 38.9 Å². The Kier molecular flexibility index (Phi) is 5.82. The van der Waals surface area contributed by atoms with Crippen molar-refractivity contribution in [1.82, 2.24) is 9.78 Å². The molecule has 1 aromatic rings. The number of aryl methyl sites for hydroxylation is 1. The monoisotopic (exact) mass is 260 g/mol. The van der Waals surface area contributed by atoms with Crippen LogP contribution in [0.25, 0.3) is 0 Å². The summed E-state index contributed by atoms with van der Waals surface area (Å²) in [6, 6.07) is 0. The molecule has 1 rings (SSSR count). The molecule has 1 aromatic heterocycles. The van der Waals surface area contributed by atoms with E-state index in [1.807, 2.05) is 0 Å². The maximum absolute atomic E-state index is 9.10. The van der Waals surface area contributed by atoms with Gasteiger partial charge in [-0.25, -0.2) is 0 Å². The fourth-order valence-electron chi connectivity index (χ4n) is 0.581. The van der Waals surface area contributed by atoms with E-state index in [1.165, 1.54) is 17.1 Å². The molecular formula is C10H21BN2O5. The van der Waals surface area contributed by atoms with Crippen LogP contribution in [0.5, 0.6) is 5.75 Å². The lowest BCUT2D eigenvalue weighted by molar-refractivity contribution is -0.107. The zero-order chi connectivity index (χ0) is 14.6. The van der Waals surface area contributed by atoms with Crippen LogP contribution in [0.15, 0.2) is 12.4 Å². The molecule has 4 N–H and O–H groups in total. The average molecular weight is 260 g/mol. The molecule has 0 aliphatic rings. The molecule has 104 valence electrons. The fraction of sp³-hybridized carbons (Fsp3) is 0.700. The van der Waals surface area contributed by atoms with Crippen molar-refractivity contribution < 1.29 is 24.9 Å². The molecule has 8 heteroatoms. The van der Waals surface area contributed by atoms with Gasteiger partial charge in [-0.3, -0.25) is 4.68 Å². The Morgan fingerprint density at radius 1 is 1.17 bits per heavy atom. The summed E-state index contributed by atoms with van der Waals surface area (Å²) in [5, 5.41) is 38.6. The molecule has 18 heavy (non-hydrogen) atoms. The van der Waals surface area contributed by atoms with Gasteiger partial charge in [0.05, 0.1) is 23.6 Å². The van der Waals surface area contributed by atoms with Gasteiger partial charge in [0.1, 0.15) is 5.75 Å². The summed E-state index contributed by atoms with van der Waals surface area (Å²) in [5.41, 5.74) is -2.01. The normalized spacial score (nSPS) is 11.6. The number of hydrogen-bond acceptors (Lipinski definition) is 6. The maximum Gasteiger partial charge on any atom is 0.707 e. The van der Waals surface area contributed by atoms with E-state index < -0.39 is 18.5 Å². The molecule has 0 bridgehead atoms. The van der Waals surface area contributed by atoms with E-state index in [2.05, 4.69) is 9.75 Å². The number of hydrogen-bond donors (Lipinski definition) is 4. The molecule has 1 heterocycles.